The van der Waals surface area contributed by atoms with E-state index in [9.17, 15) is 13.2 Å². The van der Waals surface area contributed by atoms with E-state index in [1.54, 1.807) is 11.8 Å². The van der Waals surface area contributed by atoms with Crippen molar-refractivity contribution in [3.63, 3.8) is 0 Å². The molecule has 1 aromatic carbocycles. The molecule has 1 fully saturated rings. The van der Waals surface area contributed by atoms with Crippen molar-refractivity contribution >= 4 is 39.3 Å². The number of nitrogens with zero attached hydrogens (tertiary/aromatic N) is 1. The van der Waals surface area contributed by atoms with E-state index in [2.05, 4.69) is 5.32 Å². The molecule has 1 saturated heterocycles. The number of carbonyl (C=O) groups excluding carboxylic acids is 1. The summed E-state index contributed by atoms with van der Waals surface area (Å²) in [6.45, 7) is 0.982. The summed E-state index contributed by atoms with van der Waals surface area (Å²) in [6, 6.07) is 4.21. The van der Waals surface area contributed by atoms with Crippen molar-refractivity contribution in [2.45, 2.75) is 4.90 Å². The van der Waals surface area contributed by atoms with Gasteiger partial charge in [0.25, 0.3) is 5.91 Å². The van der Waals surface area contributed by atoms with Crippen LogP contribution in [0.1, 0.15) is 10.4 Å². The maximum absolute atomic E-state index is 12.5. The lowest BCUT2D eigenvalue weighted by molar-refractivity contribution is 0.0963. The average Bonchev–Trinajstić information content (AvgIpc) is 2.47. The van der Waals surface area contributed by atoms with Gasteiger partial charge in [-0.3, -0.25) is 4.79 Å². The molecule has 20 heavy (non-hydrogen) atoms. The predicted molar refractivity (Wildman–Crippen MR) is 80.9 cm³/mol. The first-order chi connectivity index (χ1) is 9.46. The summed E-state index contributed by atoms with van der Waals surface area (Å²) in [5.41, 5.74) is 0.168. The number of carbonyl (C=O) groups is 1. The zero-order valence-corrected chi connectivity index (χ0v) is 13.3. The van der Waals surface area contributed by atoms with E-state index in [4.69, 9.17) is 11.6 Å². The highest BCUT2D eigenvalue weighted by molar-refractivity contribution is 7.99. The summed E-state index contributed by atoms with van der Waals surface area (Å²) >= 11 is 7.67. The van der Waals surface area contributed by atoms with Crippen LogP contribution >= 0.6 is 23.4 Å². The van der Waals surface area contributed by atoms with Crippen LogP contribution in [0.25, 0.3) is 0 Å². The normalized spacial score (nSPS) is 16.9. The van der Waals surface area contributed by atoms with E-state index in [0.717, 1.165) is 11.5 Å². The number of hydrogen-bond donors (Lipinski definition) is 1. The largest absolute Gasteiger partial charge is 0.355 e. The summed E-state index contributed by atoms with van der Waals surface area (Å²) in [6.07, 6.45) is 0. The van der Waals surface area contributed by atoms with Gasteiger partial charge in [-0.2, -0.15) is 16.1 Å². The number of nitrogens with one attached hydrogen (secondary N) is 1. The first kappa shape index (κ1) is 15.6. The molecular weight excluding hydrogens is 320 g/mol. The monoisotopic (exact) mass is 334 g/mol. The minimum Gasteiger partial charge on any atom is -0.355 e. The Labute approximate surface area is 127 Å². The van der Waals surface area contributed by atoms with Crippen molar-refractivity contribution in [3.8, 4) is 0 Å². The Kier molecular flexibility index (Phi) is 4.95. The lowest BCUT2D eigenvalue weighted by Crippen LogP contribution is -2.38. The van der Waals surface area contributed by atoms with E-state index in [-0.39, 0.29) is 15.5 Å². The minimum atomic E-state index is -3.56. The van der Waals surface area contributed by atoms with E-state index in [1.165, 1.54) is 29.6 Å². The van der Waals surface area contributed by atoms with Crippen LogP contribution in [0.5, 0.6) is 0 Å². The molecule has 0 aromatic heterocycles. The lowest BCUT2D eigenvalue weighted by atomic mass is 10.2. The number of thioether (sulfide) groups is 1. The highest BCUT2D eigenvalue weighted by Crippen LogP contribution is 2.24. The molecule has 1 N–H and O–H groups in total. The van der Waals surface area contributed by atoms with Crippen LogP contribution in [-0.2, 0) is 10.0 Å². The fourth-order valence-corrected chi connectivity index (χ4v) is 4.72. The second kappa shape index (κ2) is 6.34. The molecule has 1 aliphatic rings. The van der Waals surface area contributed by atoms with Crippen LogP contribution in [0, 0.1) is 0 Å². The van der Waals surface area contributed by atoms with Gasteiger partial charge in [-0.15, -0.1) is 0 Å². The third kappa shape index (κ3) is 3.11. The molecule has 1 heterocycles. The van der Waals surface area contributed by atoms with Crippen LogP contribution in [0.3, 0.4) is 0 Å². The van der Waals surface area contributed by atoms with Crippen molar-refractivity contribution in [1.29, 1.82) is 0 Å². The molecule has 0 spiro atoms. The van der Waals surface area contributed by atoms with Gasteiger partial charge in [0.15, 0.2) is 0 Å². The first-order valence-corrected chi connectivity index (χ1v) is 9.03. The van der Waals surface area contributed by atoms with Crippen LogP contribution in [0.15, 0.2) is 23.1 Å². The Hall–Kier alpha value is -0.760. The van der Waals surface area contributed by atoms with Crippen LogP contribution in [0.2, 0.25) is 5.02 Å². The van der Waals surface area contributed by atoms with Gasteiger partial charge in [0.1, 0.15) is 0 Å². The summed E-state index contributed by atoms with van der Waals surface area (Å²) in [7, 11) is -2.09. The summed E-state index contributed by atoms with van der Waals surface area (Å²) in [5.74, 6) is 1.17. The molecule has 0 aliphatic carbocycles. The Balaban J connectivity index is 2.39. The molecule has 5 nitrogen and oxygen atoms in total. The van der Waals surface area contributed by atoms with Gasteiger partial charge >= 0.3 is 0 Å². The van der Waals surface area contributed by atoms with Gasteiger partial charge in [-0.05, 0) is 18.2 Å². The molecule has 0 radical (unpaired) electrons. The molecule has 0 bridgehead atoms. The Morgan fingerprint density at radius 1 is 1.35 bits per heavy atom. The maximum Gasteiger partial charge on any atom is 0.252 e. The topological polar surface area (TPSA) is 66.5 Å². The van der Waals surface area contributed by atoms with Gasteiger partial charge in [0.05, 0.1) is 15.5 Å². The number of amides is 1. The number of sulfonamides is 1. The van der Waals surface area contributed by atoms with Gasteiger partial charge in [-0.25, -0.2) is 8.42 Å². The number of rotatable bonds is 3. The number of halogens is 1. The van der Waals surface area contributed by atoms with E-state index < -0.39 is 15.9 Å². The predicted octanol–water partition coefficient (Wildman–Crippen LogP) is 1.44. The molecule has 1 aliphatic heterocycles. The number of hydrogen-bond acceptors (Lipinski definition) is 4. The molecule has 0 saturated carbocycles. The standard InChI is InChI=1S/C12H15ClN2O3S2/c1-14-12(16)10-8-9(2-3-11(10)13)20(17,18)15-4-6-19-7-5-15/h2-3,8H,4-7H2,1H3,(H,14,16). The molecule has 0 unspecified atom stereocenters. The van der Waals surface area contributed by atoms with Crippen molar-refractivity contribution < 1.29 is 13.2 Å². The quantitative estimate of drug-likeness (QED) is 0.908. The highest BCUT2D eigenvalue weighted by atomic mass is 35.5. The molecule has 1 amide bonds. The third-order valence-electron chi connectivity index (χ3n) is 3.02. The van der Waals surface area contributed by atoms with E-state index >= 15 is 0 Å². The Morgan fingerprint density at radius 3 is 2.60 bits per heavy atom. The third-order valence-corrected chi connectivity index (χ3v) is 6.18. The van der Waals surface area contributed by atoms with E-state index in [0.29, 0.717) is 13.1 Å². The second-order valence-corrected chi connectivity index (χ2v) is 7.81. The number of benzene rings is 1. The van der Waals surface area contributed by atoms with Crippen molar-refractivity contribution in [1.82, 2.24) is 9.62 Å². The van der Waals surface area contributed by atoms with Crippen molar-refractivity contribution in [2.75, 3.05) is 31.6 Å². The molecule has 0 atom stereocenters. The summed E-state index contributed by atoms with van der Waals surface area (Å²) < 4.78 is 26.5. The fraction of sp³-hybridized carbons (Fsp3) is 0.417. The molecule has 110 valence electrons. The van der Waals surface area contributed by atoms with Crippen molar-refractivity contribution in [2.24, 2.45) is 0 Å². The Morgan fingerprint density at radius 2 is 2.00 bits per heavy atom. The molecule has 1 aromatic rings. The van der Waals surface area contributed by atoms with Crippen LogP contribution in [0.4, 0.5) is 0 Å². The fourth-order valence-electron chi connectivity index (χ4n) is 1.91. The summed E-state index contributed by atoms with van der Waals surface area (Å²) in [5, 5.41) is 2.68. The average molecular weight is 335 g/mol. The van der Waals surface area contributed by atoms with Crippen LogP contribution in [-0.4, -0.2) is 50.3 Å². The second-order valence-electron chi connectivity index (χ2n) is 4.24. The minimum absolute atomic E-state index is 0.104. The molecular formula is C12H15ClN2O3S2. The van der Waals surface area contributed by atoms with Crippen LogP contribution < -0.4 is 5.32 Å². The highest BCUT2D eigenvalue weighted by Gasteiger charge is 2.27. The first-order valence-electron chi connectivity index (χ1n) is 6.06. The molecule has 8 heteroatoms. The smallest absolute Gasteiger partial charge is 0.252 e. The van der Waals surface area contributed by atoms with Gasteiger partial charge < -0.3 is 5.32 Å². The SMILES string of the molecule is CNC(=O)c1cc(S(=O)(=O)N2CCSCC2)ccc1Cl. The van der Waals surface area contributed by atoms with Gasteiger partial charge in [-0.1, -0.05) is 11.6 Å². The van der Waals surface area contributed by atoms with E-state index in [1.807, 2.05) is 0 Å². The van der Waals surface area contributed by atoms with Crippen molar-refractivity contribution in [3.05, 3.63) is 28.8 Å². The van der Waals surface area contributed by atoms with Gasteiger partial charge in [0, 0.05) is 31.6 Å². The lowest BCUT2D eigenvalue weighted by Gasteiger charge is -2.25. The van der Waals surface area contributed by atoms with Gasteiger partial charge in [0.2, 0.25) is 10.0 Å². The maximum atomic E-state index is 12.5. The Bertz CT molecular complexity index is 613. The zero-order chi connectivity index (χ0) is 14.8. The summed E-state index contributed by atoms with van der Waals surface area (Å²) in [4.78, 5) is 11.8. The zero-order valence-electron chi connectivity index (χ0n) is 10.9. The molecule has 2 rings (SSSR count).